The summed E-state index contributed by atoms with van der Waals surface area (Å²) in [5, 5.41) is 8.86. The van der Waals surface area contributed by atoms with E-state index in [2.05, 4.69) is 15.9 Å². The Balaban J connectivity index is 2.03. The third kappa shape index (κ3) is 2.13. The topological polar surface area (TPSA) is 74.7 Å². The standard InChI is InChI=1S/C15H8BrNO4/c16-9-3-6-11-12(7-9)14(19)17(13(11)18)10-4-1-8(2-5-10)15(20)21/h1-7H,(H,20,21). The molecule has 21 heavy (non-hydrogen) atoms. The molecule has 3 rings (SSSR count). The van der Waals surface area contributed by atoms with Gasteiger partial charge in [-0.05, 0) is 42.5 Å². The van der Waals surface area contributed by atoms with Crippen molar-refractivity contribution in [2.75, 3.05) is 4.90 Å². The van der Waals surface area contributed by atoms with Crippen molar-refractivity contribution >= 4 is 39.4 Å². The second-order valence-corrected chi connectivity index (χ2v) is 5.40. The van der Waals surface area contributed by atoms with Crippen LogP contribution in [0.3, 0.4) is 0 Å². The van der Waals surface area contributed by atoms with E-state index in [1.54, 1.807) is 18.2 Å². The molecule has 0 saturated heterocycles. The first kappa shape index (κ1) is 13.5. The van der Waals surface area contributed by atoms with Crippen molar-refractivity contribution in [2.24, 2.45) is 0 Å². The number of aromatic carboxylic acids is 1. The molecular weight excluding hydrogens is 338 g/mol. The highest BCUT2D eigenvalue weighted by molar-refractivity contribution is 9.10. The molecule has 0 aliphatic carbocycles. The molecule has 0 aromatic heterocycles. The second kappa shape index (κ2) is 4.82. The summed E-state index contributed by atoms with van der Waals surface area (Å²) in [5.74, 6) is -1.89. The highest BCUT2D eigenvalue weighted by Crippen LogP contribution is 2.30. The summed E-state index contributed by atoms with van der Waals surface area (Å²) in [6, 6.07) is 10.5. The average Bonchev–Trinajstić information content (AvgIpc) is 2.70. The average molecular weight is 346 g/mol. The molecule has 0 radical (unpaired) electrons. The summed E-state index contributed by atoms with van der Waals surface area (Å²) in [4.78, 5) is 36.5. The molecule has 0 unspecified atom stereocenters. The molecule has 0 spiro atoms. The molecule has 1 aliphatic heterocycles. The first-order valence-electron chi connectivity index (χ1n) is 6.01. The van der Waals surface area contributed by atoms with Gasteiger partial charge in [0.15, 0.2) is 0 Å². The van der Waals surface area contributed by atoms with E-state index in [1.165, 1.54) is 24.3 Å². The Labute approximate surface area is 127 Å². The minimum Gasteiger partial charge on any atom is -0.478 e. The number of imide groups is 1. The monoisotopic (exact) mass is 345 g/mol. The lowest BCUT2D eigenvalue weighted by Gasteiger charge is -2.13. The summed E-state index contributed by atoms with van der Waals surface area (Å²) in [6.45, 7) is 0. The predicted molar refractivity (Wildman–Crippen MR) is 78.7 cm³/mol. The molecule has 5 nitrogen and oxygen atoms in total. The second-order valence-electron chi connectivity index (χ2n) is 4.49. The number of amides is 2. The normalized spacial score (nSPS) is 13.5. The van der Waals surface area contributed by atoms with Crippen LogP contribution in [0.15, 0.2) is 46.9 Å². The Morgan fingerprint density at radius 2 is 1.57 bits per heavy atom. The molecule has 6 heteroatoms. The molecule has 104 valence electrons. The van der Waals surface area contributed by atoms with Gasteiger partial charge in [0.2, 0.25) is 0 Å². The highest BCUT2D eigenvalue weighted by atomic mass is 79.9. The van der Waals surface area contributed by atoms with E-state index in [-0.39, 0.29) is 5.56 Å². The SMILES string of the molecule is O=C(O)c1ccc(N2C(=O)c3ccc(Br)cc3C2=O)cc1. The number of carbonyl (C=O) groups is 3. The number of anilines is 1. The van der Waals surface area contributed by atoms with E-state index in [1.807, 2.05) is 0 Å². The molecule has 1 N–H and O–H groups in total. The van der Waals surface area contributed by atoms with E-state index in [9.17, 15) is 14.4 Å². The quantitative estimate of drug-likeness (QED) is 0.849. The Morgan fingerprint density at radius 3 is 2.19 bits per heavy atom. The maximum atomic E-state index is 12.3. The predicted octanol–water partition coefficient (Wildman–Crippen LogP) is 2.95. The number of benzene rings is 2. The van der Waals surface area contributed by atoms with Gasteiger partial charge in [-0.3, -0.25) is 9.59 Å². The van der Waals surface area contributed by atoms with E-state index in [0.717, 1.165) is 4.90 Å². The summed E-state index contributed by atoms with van der Waals surface area (Å²) >= 11 is 3.27. The van der Waals surface area contributed by atoms with Gasteiger partial charge < -0.3 is 5.11 Å². The summed E-state index contributed by atoms with van der Waals surface area (Å²) in [5.41, 5.74) is 1.11. The first-order chi connectivity index (χ1) is 9.99. The Bertz CT molecular complexity index is 783. The third-order valence-electron chi connectivity index (χ3n) is 3.22. The van der Waals surface area contributed by atoms with Crippen molar-refractivity contribution in [1.29, 1.82) is 0 Å². The first-order valence-corrected chi connectivity index (χ1v) is 6.80. The summed E-state index contributed by atoms with van der Waals surface area (Å²) in [6.07, 6.45) is 0. The fraction of sp³-hybridized carbons (Fsp3) is 0. The lowest BCUT2D eigenvalue weighted by atomic mass is 10.1. The van der Waals surface area contributed by atoms with Crippen LogP contribution in [-0.2, 0) is 0 Å². The minimum atomic E-state index is -1.06. The number of hydrogen-bond donors (Lipinski definition) is 1. The number of nitrogens with zero attached hydrogens (tertiary/aromatic N) is 1. The van der Waals surface area contributed by atoms with Crippen LogP contribution in [0.5, 0.6) is 0 Å². The highest BCUT2D eigenvalue weighted by Gasteiger charge is 2.36. The van der Waals surface area contributed by atoms with Crippen LogP contribution < -0.4 is 4.90 Å². The zero-order chi connectivity index (χ0) is 15.1. The third-order valence-corrected chi connectivity index (χ3v) is 3.71. The van der Waals surface area contributed by atoms with Gasteiger partial charge in [0.05, 0.1) is 22.4 Å². The van der Waals surface area contributed by atoms with Gasteiger partial charge in [-0.1, -0.05) is 15.9 Å². The van der Waals surface area contributed by atoms with Crippen molar-refractivity contribution in [3.63, 3.8) is 0 Å². The van der Waals surface area contributed by atoms with Crippen molar-refractivity contribution in [3.05, 3.63) is 63.6 Å². The fourth-order valence-corrected chi connectivity index (χ4v) is 2.56. The molecule has 2 amide bonds. The van der Waals surface area contributed by atoms with Crippen LogP contribution in [0.1, 0.15) is 31.1 Å². The molecule has 2 aromatic rings. The Hall–Kier alpha value is -2.47. The number of halogens is 1. The number of rotatable bonds is 2. The van der Waals surface area contributed by atoms with Crippen molar-refractivity contribution in [1.82, 2.24) is 0 Å². The number of hydrogen-bond acceptors (Lipinski definition) is 3. The number of carboxylic acids is 1. The van der Waals surface area contributed by atoms with Gasteiger partial charge >= 0.3 is 5.97 Å². The zero-order valence-corrected chi connectivity index (χ0v) is 12.1. The minimum absolute atomic E-state index is 0.0955. The summed E-state index contributed by atoms with van der Waals surface area (Å²) < 4.78 is 0.713. The lowest BCUT2D eigenvalue weighted by Crippen LogP contribution is -2.29. The van der Waals surface area contributed by atoms with Crippen LogP contribution in [0.4, 0.5) is 5.69 Å². The van der Waals surface area contributed by atoms with Gasteiger partial charge in [0.25, 0.3) is 11.8 Å². The number of fused-ring (bicyclic) bond motifs is 1. The number of carboxylic acid groups (broad SMARTS) is 1. The molecule has 0 bridgehead atoms. The lowest BCUT2D eigenvalue weighted by molar-refractivity contribution is 0.0696. The smallest absolute Gasteiger partial charge is 0.335 e. The largest absolute Gasteiger partial charge is 0.478 e. The van der Waals surface area contributed by atoms with Gasteiger partial charge in [-0.2, -0.15) is 0 Å². The molecule has 1 aliphatic rings. The van der Waals surface area contributed by atoms with Gasteiger partial charge in [-0.25, -0.2) is 9.69 Å². The fourth-order valence-electron chi connectivity index (χ4n) is 2.20. The van der Waals surface area contributed by atoms with Crippen molar-refractivity contribution in [2.45, 2.75) is 0 Å². The van der Waals surface area contributed by atoms with Gasteiger partial charge in [-0.15, -0.1) is 0 Å². The zero-order valence-electron chi connectivity index (χ0n) is 10.5. The van der Waals surface area contributed by atoms with Crippen LogP contribution in [0, 0.1) is 0 Å². The Kier molecular flexibility index (Phi) is 3.10. The maximum Gasteiger partial charge on any atom is 0.335 e. The van der Waals surface area contributed by atoms with E-state index < -0.39 is 17.8 Å². The van der Waals surface area contributed by atoms with E-state index in [0.29, 0.717) is 21.3 Å². The van der Waals surface area contributed by atoms with Crippen LogP contribution in [-0.4, -0.2) is 22.9 Å². The molecule has 0 fully saturated rings. The van der Waals surface area contributed by atoms with Crippen molar-refractivity contribution < 1.29 is 19.5 Å². The molecular formula is C15H8BrNO4. The van der Waals surface area contributed by atoms with Crippen molar-refractivity contribution in [3.8, 4) is 0 Å². The van der Waals surface area contributed by atoms with Crippen LogP contribution in [0.2, 0.25) is 0 Å². The summed E-state index contributed by atoms with van der Waals surface area (Å²) in [7, 11) is 0. The van der Waals surface area contributed by atoms with Crippen LogP contribution in [0.25, 0.3) is 0 Å². The van der Waals surface area contributed by atoms with Gasteiger partial charge in [0, 0.05) is 4.47 Å². The van der Waals surface area contributed by atoms with Crippen LogP contribution >= 0.6 is 15.9 Å². The molecule has 2 aromatic carbocycles. The number of carbonyl (C=O) groups excluding carboxylic acids is 2. The van der Waals surface area contributed by atoms with E-state index in [4.69, 9.17) is 5.11 Å². The maximum absolute atomic E-state index is 12.3. The van der Waals surface area contributed by atoms with Gasteiger partial charge in [0.1, 0.15) is 0 Å². The molecule has 0 saturated carbocycles. The van der Waals surface area contributed by atoms with E-state index >= 15 is 0 Å². The Morgan fingerprint density at radius 1 is 0.952 bits per heavy atom. The molecule has 1 heterocycles. The molecule has 0 atom stereocenters.